The number of hydrogen-bond donors (Lipinski definition) is 2. The first-order chi connectivity index (χ1) is 10.5. The van der Waals surface area contributed by atoms with Gasteiger partial charge in [0, 0.05) is 37.4 Å². The van der Waals surface area contributed by atoms with Crippen molar-refractivity contribution in [1.29, 1.82) is 5.26 Å². The van der Waals surface area contributed by atoms with Crippen molar-refractivity contribution in [3.05, 3.63) is 35.0 Å². The Bertz CT molecular complexity index is 631. The SMILES string of the molecule is CN1CCN(C(=O)/C(C#N)=C\Nc2cc(Cl)ccc2O)CC1. The van der Waals surface area contributed by atoms with Gasteiger partial charge in [-0.1, -0.05) is 11.6 Å². The fraction of sp³-hybridized carbons (Fsp3) is 0.333. The summed E-state index contributed by atoms with van der Waals surface area (Å²) >= 11 is 5.85. The van der Waals surface area contributed by atoms with Gasteiger partial charge in [-0.3, -0.25) is 4.79 Å². The van der Waals surface area contributed by atoms with E-state index in [2.05, 4.69) is 10.2 Å². The zero-order valence-corrected chi connectivity index (χ0v) is 13.0. The van der Waals surface area contributed by atoms with Crippen LogP contribution in [0.5, 0.6) is 5.75 Å². The maximum Gasteiger partial charge on any atom is 0.266 e. The summed E-state index contributed by atoms with van der Waals surface area (Å²) in [6.07, 6.45) is 1.30. The van der Waals surface area contributed by atoms with Crippen molar-refractivity contribution in [2.24, 2.45) is 0 Å². The third-order valence-electron chi connectivity index (χ3n) is 3.47. The lowest BCUT2D eigenvalue weighted by Gasteiger charge is -2.32. The number of benzene rings is 1. The predicted molar refractivity (Wildman–Crippen MR) is 84.5 cm³/mol. The first kappa shape index (κ1) is 16.1. The number of anilines is 1. The number of nitriles is 1. The van der Waals surface area contributed by atoms with Crippen LogP contribution < -0.4 is 5.32 Å². The van der Waals surface area contributed by atoms with E-state index in [4.69, 9.17) is 11.6 Å². The highest BCUT2D eigenvalue weighted by Gasteiger charge is 2.22. The molecule has 0 spiro atoms. The summed E-state index contributed by atoms with van der Waals surface area (Å²) in [5, 5.41) is 22.1. The van der Waals surface area contributed by atoms with Crippen molar-refractivity contribution in [3.63, 3.8) is 0 Å². The molecule has 2 rings (SSSR count). The van der Waals surface area contributed by atoms with Gasteiger partial charge in [0.2, 0.25) is 0 Å². The number of carbonyl (C=O) groups excluding carboxylic acids is 1. The number of amides is 1. The molecule has 0 bridgehead atoms. The quantitative estimate of drug-likeness (QED) is 0.503. The van der Waals surface area contributed by atoms with E-state index in [9.17, 15) is 15.2 Å². The van der Waals surface area contributed by atoms with Gasteiger partial charge in [-0.05, 0) is 25.2 Å². The van der Waals surface area contributed by atoms with Crippen molar-refractivity contribution < 1.29 is 9.90 Å². The highest BCUT2D eigenvalue weighted by molar-refractivity contribution is 6.30. The second-order valence-corrected chi connectivity index (χ2v) is 5.51. The minimum absolute atomic E-state index is 0.00927. The number of nitrogens with one attached hydrogen (secondary N) is 1. The summed E-state index contributed by atoms with van der Waals surface area (Å²) in [5.74, 6) is -0.324. The monoisotopic (exact) mass is 320 g/mol. The van der Waals surface area contributed by atoms with Gasteiger partial charge in [-0.25, -0.2) is 0 Å². The van der Waals surface area contributed by atoms with Gasteiger partial charge in [0.05, 0.1) is 5.69 Å². The van der Waals surface area contributed by atoms with E-state index in [-0.39, 0.29) is 17.2 Å². The number of rotatable bonds is 3. The molecule has 1 fully saturated rings. The Balaban J connectivity index is 2.09. The molecule has 22 heavy (non-hydrogen) atoms. The fourth-order valence-electron chi connectivity index (χ4n) is 2.10. The number of hydrogen-bond acceptors (Lipinski definition) is 5. The van der Waals surface area contributed by atoms with Crippen molar-refractivity contribution in [2.45, 2.75) is 0 Å². The molecule has 0 saturated carbocycles. The molecule has 1 aromatic rings. The Morgan fingerprint density at radius 1 is 1.41 bits per heavy atom. The van der Waals surface area contributed by atoms with Gasteiger partial charge in [0.15, 0.2) is 0 Å². The van der Waals surface area contributed by atoms with E-state index < -0.39 is 0 Å². The van der Waals surface area contributed by atoms with Gasteiger partial charge >= 0.3 is 0 Å². The molecule has 1 heterocycles. The number of nitrogens with zero attached hydrogens (tertiary/aromatic N) is 3. The molecule has 1 aliphatic heterocycles. The first-order valence-corrected chi connectivity index (χ1v) is 7.22. The van der Waals surface area contributed by atoms with Gasteiger partial charge in [-0.15, -0.1) is 0 Å². The number of carbonyl (C=O) groups is 1. The first-order valence-electron chi connectivity index (χ1n) is 6.84. The van der Waals surface area contributed by atoms with Crippen LogP contribution in [0.2, 0.25) is 5.02 Å². The molecule has 1 amide bonds. The molecule has 6 nitrogen and oxygen atoms in total. The predicted octanol–water partition coefficient (Wildman–Crippen LogP) is 1.64. The molecule has 1 aromatic carbocycles. The van der Waals surface area contributed by atoms with Crippen LogP contribution in [0.15, 0.2) is 30.0 Å². The number of likely N-dealkylation sites (N-methyl/N-ethyl adjacent to an activating group) is 1. The van der Waals surface area contributed by atoms with Crippen LogP contribution in [0, 0.1) is 11.3 Å². The van der Waals surface area contributed by atoms with E-state index in [0.29, 0.717) is 23.8 Å². The van der Waals surface area contributed by atoms with Crippen molar-refractivity contribution >= 4 is 23.2 Å². The molecule has 0 radical (unpaired) electrons. The number of phenols is 1. The third-order valence-corrected chi connectivity index (χ3v) is 3.71. The summed E-state index contributed by atoms with van der Waals surface area (Å²) in [5.41, 5.74) is 0.329. The Morgan fingerprint density at radius 3 is 2.73 bits per heavy atom. The number of halogens is 1. The minimum Gasteiger partial charge on any atom is -0.506 e. The van der Waals surface area contributed by atoms with Crippen molar-refractivity contribution in [3.8, 4) is 11.8 Å². The lowest BCUT2D eigenvalue weighted by atomic mass is 10.2. The van der Waals surface area contributed by atoms with Gasteiger partial charge < -0.3 is 20.2 Å². The van der Waals surface area contributed by atoms with Crippen LogP contribution in [-0.2, 0) is 4.79 Å². The van der Waals surface area contributed by atoms with Crippen LogP contribution in [0.1, 0.15) is 0 Å². The molecular weight excluding hydrogens is 304 g/mol. The van der Waals surface area contributed by atoms with Gasteiger partial charge in [-0.2, -0.15) is 5.26 Å². The smallest absolute Gasteiger partial charge is 0.266 e. The lowest BCUT2D eigenvalue weighted by molar-refractivity contribution is -0.128. The summed E-state index contributed by atoms with van der Waals surface area (Å²) in [6.45, 7) is 2.76. The van der Waals surface area contributed by atoms with Crippen LogP contribution >= 0.6 is 11.6 Å². The topological polar surface area (TPSA) is 79.6 Å². The lowest BCUT2D eigenvalue weighted by Crippen LogP contribution is -2.47. The molecule has 0 atom stereocenters. The zero-order valence-electron chi connectivity index (χ0n) is 12.2. The summed E-state index contributed by atoms with van der Waals surface area (Å²) in [6, 6.07) is 6.40. The molecule has 1 saturated heterocycles. The zero-order chi connectivity index (χ0) is 16.1. The molecule has 2 N–H and O–H groups in total. The number of phenolic OH excluding ortho intramolecular Hbond substituents is 1. The van der Waals surface area contributed by atoms with E-state index in [0.717, 1.165) is 13.1 Å². The van der Waals surface area contributed by atoms with E-state index in [1.165, 1.54) is 18.3 Å². The Morgan fingerprint density at radius 2 is 2.09 bits per heavy atom. The Hall–Kier alpha value is -2.23. The Labute approximate surface area is 134 Å². The van der Waals surface area contributed by atoms with Crippen molar-refractivity contribution in [2.75, 3.05) is 38.5 Å². The molecule has 0 unspecified atom stereocenters. The second kappa shape index (κ2) is 7.16. The summed E-state index contributed by atoms with van der Waals surface area (Å²) in [7, 11) is 1.99. The minimum atomic E-state index is -0.315. The van der Waals surface area contributed by atoms with Crippen molar-refractivity contribution in [1.82, 2.24) is 9.80 Å². The normalized spacial score (nSPS) is 16.2. The molecule has 0 aromatic heterocycles. The second-order valence-electron chi connectivity index (χ2n) is 5.07. The molecular formula is C15H17ClN4O2. The number of aromatic hydroxyl groups is 1. The average Bonchev–Trinajstić information content (AvgIpc) is 2.51. The van der Waals surface area contributed by atoms with E-state index in [1.54, 1.807) is 11.0 Å². The molecule has 0 aliphatic carbocycles. The van der Waals surface area contributed by atoms with Gasteiger partial charge in [0.1, 0.15) is 17.4 Å². The van der Waals surface area contributed by atoms with Crippen LogP contribution in [-0.4, -0.2) is 54.0 Å². The molecule has 116 valence electrons. The van der Waals surface area contributed by atoms with Crippen LogP contribution in [0.4, 0.5) is 5.69 Å². The maximum atomic E-state index is 12.3. The highest BCUT2D eigenvalue weighted by Crippen LogP contribution is 2.26. The Kier molecular flexibility index (Phi) is 5.26. The van der Waals surface area contributed by atoms with E-state index in [1.807, 2.05) is 13.1 Å². The van der Waals surface area contributed by atoms with E-state index >= 15 is 0 Å². The standard InChI is InChI=1S/C15H17ClN4O2/c1-19-4-6-20(7-5-19)15(22)11(9-17)10-18-13-8-12(16)2-3-14(13)21/h2-3,8,10,18,21H,4-7H2,1H3/b11-10-. The summed E-state index contributed by atoms with van der Waals surface area (Å²) in [4.78, 5) is 16.1. The van der Waals surface area contributed by atoms with Crippen LogP contribution in [0.25, 0.3) is 0 Å². The number of piperazine rings is 1. The van der Waals surface area contributed by atoms with Gasteiger partial charge in [0.25, 0.3) is 5.91 Å². The average molecular weight is 321 g/mol. The molecule has 7 heteroatoms. The fourth-order valence-corrected chi connectivity index (χ4v) is 2.27. The maximum absolute atomic E-state index is 12.3. The highest BCUT2D eigenvalue weighted by atomic mass is 35.5. The molecule has 1 aliphatic rings. The van der Waals surface area contributed by atoms with Crippen LogP contribution in [0.3, 0.4) is 0 Å². The largest absolute Gasteiger partial charge is 0.506 e. The summed E-state index contributed by atoms with van der Waals surface area (Å²) < 4.78 is 0. The third kappa shape index (κ3) is 3.91.